The molecular weight excluding hydrogens is 238 g/mol. The summed E-state index contributed by atoms with van der Waals surface area (Å²) >= 11 is 0. The van der Waals surface area contributed by atoms with Crippen LogP contribution in [0, 0.1) is 0 Å². The number of hydrogen-bond donors (Lipinski definition) is 1. The molecule has 1 heterocycles. The van der Waals surface area contributed by atoms with Crippen molar-refractivity contribution in [3.63, 3.8) is 0 Å². The predicted molar refractivity (Wildman–Crippen MR) is 78.0 cm³/mol. The molecule has 1 N–H and O–H groups in total. The first-order valence-electron chi connectivity index (χ1n) is 7.20. The van der Waals surface area contributed by atoms with Crippen molar-refractivity contribution in [3.8, 4) is 5.75 Å². The van der Waals surface area contributed by atoms with Crippen LogP contribution in [-0.4, -0.2) is 26.8 Å². The van der Waals surface area contributed by atoms with Crippen LogP contribution in [0.1, 0.15) is 49.5 Å². The molecule has 0 aromatic heterocycles. The molecule has 0 saturated carbocycles. The molecule has 3 heteroatoms. The third kappa shape index (κ3) is 3.10. The molecule has 2 rings (SSSR count). The van der Waals surface area contributed by atoms with Crippen molar-refractivity contribution < 1.29 is 9.47 Å². The van der Waals surface area contributed by atoms with Gasteiger partial charge in [0.25, 0.3) is 0 Å². The minimum atomic E-state index is 0.169. The summed E-state index contributed by atoms with van der Waals surface area (Å²) in [6, 6.07) is 4.49. The number of ether oxygens (including phenoxy) is 2. The Kier molecular flexibility index (Phi) is 4.83. The fourth-order valence-electron chi connectivity index (χ4n) is 2.64. The van der Waals surface area contributed by atoms with Gasteiger partial charge in [-0.15, -0.1) is 0 Å². The van der Waals surface area contributed by atoms with Gasteiger partial charge in [0.05, 0.1) is 19.8 Å². The lowest BCUT2D eigenvalue weighted by atomic mass is 9.93. The summed E-state index contributed by atoms with van der Waals surface area (Å²) in [5.74, 6) is 1.50. The summed E-state index contributed by atoms with van der Waals surface area (Å²) in [4.78, 5) is 0. The van der Waals surface area contributed by atoms with Crippen LogP contribution in [0.2, 0.25) is 0 Å². The Balaban J connectivity index is 2.41. The van der Waals surface area contributed by atoms with E-state index in [-0.39, 0.29) is 6.10 Å². The van der Waals surface area contributed by atoms with Gasteiger partial charge in [-0.25, -0.2) is 0 Å². The summed E-state index contributed by atoms with van der Waals surface area (Å²) in [5, 5.41) is 3.39. The molecule has 1 aliphatic heterocycles. The van der Waals surface area contributed by atoms with Gasteiger partial charge < -0.3 is 14.8 Å². The van der Waals surface area contributed by atoms with E-state index in [1.165, 1.54) is 16.7 Å². The number of hydrogen-bond acceptors (Lipinski definition) is 3. The van der Waals surface area contributed by atoms with Gasteiger partial charge in [0.15, 0.2) is 0 Å². The molecule has 0 aliphatic carbocycles. The zero-order valence-corrected chi connectivity index (χ0v) is 12.5. The summed E-state index contributed by atoms with van der Waals surface area (Å²) in [7, 11) is 1.76. The zero-order valence-electron chi connectivity index (χ0n) is 12.5. The largest absolute Gasteiger partial charge is 0.496 e. The maximum absolute atomic E-state index is 5.87. The smallest absolute Gasteiger partial charge is 0.125 e. The molecule has 19 heavy (non-hydrogen) atoms. The number of benzene rings is 1. The van der Waals surface area contributed by atoms with Gasteiger partial charge in [0.1, 0.15) is 5.75 Å². The van der Waals surface area contributed by atoms with Crippen molar-refractivity contribution >= 4 is 0 Å². The van der Waals surface area contributed by atoms with Crippen LogP contribution >= 0.6 is 0 Å². The van der Waals surface area contributed by atoms with Crippen molar-refractivity contribution in [2.45, 2.75) is 39.2 Å². The van der Waals surface area contributed by atoms with Gasteiger partial charge in [-0.05, 0) is 41.2 Å². The second-order valence-electron chi connectivity index (χ2n) is 5.37. The number of methoxy groups -OCH3 is 1. The van der Waals surface area contributed by atoms with Crippen LogP contribution in [0.25, 0.3) is 0 Å². The summed E-state index contributed by atoms with van der Waals surface area (Å²) < 4.78 is 11.5. The molecule has 1 atom stereocenters. The number of nitrogens with one attached hydrogen (secondary N) is 1. The quantitative estimate of drug-likeness (QED) is 0.905. The van der Waals surface area contributed by atoms with Crippen molar-refractivity contribution in [1.82, 2.24) is 5.32 Å². The lowest BCUT2D eigenvalue weighted by molar-refractivity contribution is 0.0276. The van der Waals surface area contributed by atoms with Crippen molar-refractivity contribution in [1.29, 1.82) is 0 Å². The molecule has 0 spiro atoms. The van der Waals surface area contributed by atoms with E-state index in [4.69, 9.17) is 9.47 Å². The Bertz CT molecular complexity index is 423. The van der Waals surface area contributed by atoms with Crippen LogP contribution in [0.3, 0.4) is 0 Å². The highest BCUT2D eigenvalue weighted by Gasteiger charge is 2.20. The molecule has 0 bridgehead atoms. The summed E-state index contributed by atoms with van der Waals surface area (Å²) in [6.45, 7) is 9.22. The maximum Gasteiger partial charge on any atom is 0.125 e. The van der Waals surface area contributed by atoms with Crippen LogP contribution < -0.4 is 10.1 Å². The van der Waals surface area contributed by atoms with Gasteiger partial charge in [0, 0.05) is 13.1 Å². The Morgan fingerprint density at radius 1 is 1.42 bits per heavy atom. The monoisotopic (exact) mass is 263 g/mol. The average molecular weight is 263 g/mol. The van der Waals surface area contributed by atoms with Crippen LogP contribution in [-0.2, 0) is 11.2 Å². The highest BCUT2D eigenvalue weighted by atomic mass is 16.5. The molecule has 1 aromatic rings. The normalized spacial score (nSPS) is 19.7. The minimum absolute atomic E-state index is 0.169. The first kappa shape index (κ1) is 14.4. The number of aryl methyl sites for hydroxylation is 1. The van der Waals surface area contributed by atoms with E-state index in [2.05, 4.69) is 38.2 Å². The van der Waals surface area contributed by atoms with Crippen LogP contribution in [0.4, 0.5) is 0 Å². The third-order valence-corrected chi connectivity index (χ3v) is 3.72. The van der Waals surface area contributed by atoms with E-state index in [1.54, 1.807) is 7.11 Å². The SMILES string of the molecule is CCc1cc(C2CNCCO2)cc(C(C)C)c1OC. The molecule has 1 saturated heterocycles. The molecule has 1 unspecified atom stereocenters. The van der Waals surface area contributed by atoms with Gasteiger partial charge >= 0.3 is 0 Å². The molecule has 1 aliphatic rings. The van der Waals surface area contributed by atoms with Gasteiger partial charge in [0.2, 0.25) is 0 Å². The Hall–Kier alpha value is -1.06. The Morgan fingerprint density at radius 2 is 2.21 bits per heavy atom. The Labute approximate surface area is 116 Å². The molecule has 3 nitrogen and oxygen atoms in total. The maximum atomic E-state index is 5.87. The zero-order chi connectivity index (χ0) is 13.8. The average Bonchev–Trinajstić information content (AvgIpc) is 2.46. The highest BCUT2D eigenvalue weighted by Crippen LogP contribution is 2.34. The molecule has 0 amide bonds. The summed E-state index contributed by atoms with van der Waals surface area (Å²) in [5.41, 5.74) is 3.83. The topological polar surface area (TPSA) is 30.5 Å². The van der Waals surface area contributed by atoms with E-state index < -0.39 is 0 Å². The van der Waals surface area contributed by atoms with Crippen molar-refractivity contribution in [3.05, 3.63) is 28.8 Å². The fourth-order valence-corrected chi connectivity index (χ4v) is 2.64. The third-order valence-electron chi connectivity index (χ3n) is 3.72. The standard InChI is InChI=1S/C16H25NO2/c1-5-12-8-13(15-10-17-6-7-19-15)9-14(11(2)3)16(12)18-4/h8-9,11,15,17H,5-7,10H2,1-4H3. The Morgan fingerprint density at radius 3 is 2.74 bits per heavy atom. The van der Waals surface area contributed by atoms with Crippen LogP contribution in [0.5, 0.6) is 5.75 Å². The van der Waals surface area contributed by atoms with E-state index in [0.717, 1.165) is 31.9 Å². The van der Waals surface area contributed by atoms with E-state index in [1.807, 2.05) is 0 Å². The van der Waals surface area contributed by atoms with E-state index in [9.17, 15) is 0 Å². The molecule has 0 radical (unpaired) electrons. The predicted octanol–water partition coefficient (Wildman–Crippen LogP) is 3.04. The lowest BCUT2D eigenvalue weighted by Crippen LogP contribution is -2.33. The minimum Gasteiger partial charge on any atom is -0.496 e. The van der Waals surface area contributed by atoms with E-state index in [0.29, 0.717) is 5.92 Å². The summed E-state index contributed by atoms with van der Waals surface area (Å²) in [6.07, 6.45) is 1.15. The van der Waals surface area contributed by atoms with Crippen LogP contribution in [0.15, 0.2) is 12.1 Å². The fraction of sp³-hybridized carbons (Fsp3) is 0.625. The van der Waals surface area contributed by atoms with E-state index >= 15 is 0 Å². The second-order valence-corrected chi connectivity index (χ2v) is 5.37. The molecule has 106 valence electrons. The molecule has 1 fully saturated rings. The number of rotatable bonds is 4. The first-order chi connectivity index (χ1) is 9.17. The molecule has 1 aromatic carbocycles. The lowest BCUT2D eigenvalue weighted by Gasteiger charge is -2.26. The van der Waals surface area contributed by atoms with Crippen molar-refractivity contribution in [2.24, 2.45) is 0 Å². The highest BCUT2D eigenvalue weighted by molar-refractivity contribution is 5.47. The number of morpholine rings is 1. The molecular formula is C16H25NO2. The van der Waals surface area contributed by atoms with Gasteiger partial charge in [-0.1, -0.05) is 20.8 Å². The van der Waals surface area contributed by atoms with Gasteiger partial charge in [-0.2, -0.15) is 0 Å². The van der Waals surface area contributed by atoms with Crippen molar-refractivity contribution in [2.75, 3.05) is 26.8 Å². The van der Waals surface area contributed by atoms with Gasteiger partial charge in [-0.3, -0.25) is 0 Å². The second kappa shape index (κ2) is 6.40. The first-order valence-corrected chi connectivity index (χ1v) is 7.20.